The first-order valence-corrected chi connectivity index (χ1v) is 7.86. The second-order valence-corrected chi connectivity index (χ2v) is 6.16. The van der Waals surface area contributed by atoms with Gasteiger partial charge in [0.2, 0.25) is 0 Å². The van der Waals surface area contributed by atoms with E-state index < -0.39 is 0 Å². The van der Waals surface area contributed by atoms with Gasteiger partial charge >= 0.3 is 0 Å². The van der Waals surface area contributed by atoms with Crippen LogP contribution in [0, 0.1) is 5.92 Å². The second kappa shape index (κ2) is 5.65. The maximum absolute atomic E-state index is 12.8. The molecule has 0 N–H and O–H groups in total. The average Bonchev–Trinajstić information content (AvgIpc) is 2.94. The van der Waals surface area contributed by atoms with Gasteiger partial charge in [-0.1, -0.05) is 25.8 Å². The molecule has 1 saturated carbocycles. The van der Waals surface area contributed by atoms with Gasteiger partial charge < -0.3 is 4.74 Å². The van der Waals surface area contributed by atoms with E-state index in [1.54, 1.807) is 6.20 Å². The number of carbonyl (C=O) groups excluding carboxylic acids is 1. The summed E-state index contributed by atoms with van der Waals surface area (Å²) in [6.07, 6.45) is 9.07. The average molecular weight is 273 g/mol. The predicted octanol–water partition coefficient (Wildman–Crippen LogP) is 3.57. The summed E-state index contributed by atoms with van der Waals surface area (Å²) >= 11 is 0. The first-order chi connectivity index (χ1) is 9.74. The topological polar surface area (TPSA) is 39.2 Å². The van der Waals surface area contributed by atoms with E-state index in [-0.39, 0.29) is 17.3 Å². The molecule has 0 amide bonds. The number of pyridine rings is 1. The number of hydrogen-bond donors (Lipinski definition) is 0. The molecular weight excluding hydrogens is 250 g/mol. The Labute approximate surface area is 120 Å². The second-order valence-electron chi connectivity index (χ2n) is 6.16. The molecule has 20 heavy (non-hydrogen) atoms. The predicted molar refractivity (Wildman–Crippen MR) is 77.8 cm³/mol. The van der Waals surface area contributed by atoms with Crippen molar-refractivity contribution in [3.05, 3.63) is 29.6 Å². The van der Waals surface area contributed by atoms with Crippen LogP contribution in [0.15, 0.2) is 18.3 Å². The molecule has 0 aromatic carbocycles. The number of ketones is 1. The number of aryl methyl sites for hydroxylation is 1. The van der Waals surface area contributed by atoms with Crippen molar-refractivity contribution in [2.24, 2.45) is 5.92 Å². The van der Waals surface area contributed by atoms with Crippen molar-refractivity contribution < 1.29 is 9.53 Å². The largest absolute Gasteiger partial charge is 0.375 e. The summed E-state index contributed by atoms with van der Waals surface area (Å²) in [5, 5.41) is 0. The molecule has 2 fully saturated rings. The summed E-state index contributed by atoms with van der Waals surface area (Å²) < 4.78 is 6.03. The molecule has 1 unspecified atom stereocenters. The van der Waals surface area contributed by atoms with Gasteiger partial charge in [-0.2, -0.15) is 0 Å². The molecule has 2 heterocycles. The van der Waals surface area contributed by atoms with Gasteiger partial charge in [-0.05, 0) is 43.7 Å². The van der Waals surface area contributed by atoms with Gasteiger partial charge in [-0.15, -0.1) is 0 Å². The highest BCUT2D eigenvalue weighted by Gasteiger charge is 2.42. The van der Waals surface area contributed by atoms with E-state index in [1.807, 2.05) is 12.1 Å². The lowest BCUT2D eigenvalue weighted by atomic mass is 9.81. The number of rotatable bonds is 3. The molecule has 1 aliphatic heterocycles. The normalized spacial score (nSPS) is 24.9. The van der Waals surface area contributed by atoms with Gasteiger partial charge in [-0.25, -0.2) is 0 Å². The minimum atomic E-state index is -0.000263. The quantitative estimate of drug-likeness (QED) is 0.790. The first-order valence-electron chi connectivity index (χ1n) is 7.86. The fourth-order valence-electron chi connectivity index (χ4n) is 3.76. The Kier molecular flexibility index (Phi) is 3.88. The Bertz CT molecular complexity index is 492. The van der Waals surface area contributed by atoms with Gasteiger partial charge in [0.15, 0.2) is 5.78 Å². The van der Waals surface area contributed by atoms with Crippen LogP contribution in [0.25, 0.3) is 0 Å². The maximum Gasteiger partial charge on any atom is 0.184 e. The number of aromatic nitrogens is 1. The lowest BCUT2D eigenvalue weighted by molar-refractivity contribution is -0.0866. The molecule has 1 atom stereocenters. The van der Waals surface area contributed by atoms with Crippen molar-refractivity contribution >= 4 is 5.78 Å². The van der Waals surface area contributed by atoms with Crippen molar-refractivity contribution in [2.45, 2.75) is 57.5 Å². The Morgan fingerprint density at radius 2 is 2.25 bits per heavy atom. The molecule has 3 rings (SSSR count). The third-order valence-electron chi connectivity index (χ3n) is 4.88. The maximum atomic E-state index is 12.8. The number of ether oxygens (including phenoxy) is 1. The molecule has 0 radical (unpaired) electrons. The highest BCUT2D eigenvalue weighted by molar-refractivity contribution is 5.97. The Morgan fingerprint density at radius 3 is 3.00 bits per heavy atom. The van der Waals surface area contributed by atoms with E-state index in [2.05, 4.69) is 11.9 Å². The summed E-state index contributed by atoms with van der Waals surface area (Å²) in [6, 6.07) is 3.93. The minimum Gasteiger partial charge on any atom is -0.375 e. The van der Waals surface area contributed by atoms with Gasteiger partial charge in [0.1, 0.15) is 5.69 Å². The first kappa shape index (κ1) is 13.7. The molecule has 1 aromatic heterocycles. The van der Waals surface area contributed by atoms with Crippen LogP contribution < -0.4 is 0 Å². The molecule has 0 bridgehead atoms. The fraction of sp³-hybridized carbons (Fsp3) is 0.647. The molecule has 1 aliphatic carbocycles. The van der Waals surface area contributed by atoms with Crippen LogP contribution in [0.2, 0.25) is 0 Å². The summed E-state index contributed by atoms with van der Waals surface area (Å²) in [7, 11) is 0. The Balaban J connectivity index is 1.79. The molecular formula is C17H23NO2. The van der Waals surface area contributed by atoms with Crippen molar-refractivity contribution in [3.8, 4) is 0 Å². The fourth-order valence-corrected chi connectivity index (χ4v) is 3.76. The number of Topliss-reactive ketones (excluding diaryl/α,β-unsaturated/α-hetero) is 1. The molecule has 1 saturated heterocycles. The van der Waals surface area contributed by atoms with Crippen molar-refractivity contribution in [3.63, 3.8) is 0 Å². The third kappa shape index (κ3) is 2.51. The lowest BCUT2D eigenvalue weighted by Crippen LogP contribution is -2.40. The Morgan fingerprint density at radius 1 is 1.45 bits per heavy atom. The van der Waals surface area contributed by atoms with Crippen LogP contribution in [0.3, 0.4) is 0 Å². The number of carbonyl (C=O) groups is 1. The zero-order valence-corrected chi connectivity index (χ0v) is 12.2. The molecule has 2 aliphatic rings. The molecule has 3 heteroatoms. The van der Waals surface area contributed by atoms with Crippen molar-refractivity contribution in [1.29, 1.82) is 0 Å². The third-order valence-corrected chi connectivity index (χ3v) is 4.88. The summed E-state index contributed by atoms with van der Waals surface area (Å²) in [5.41, 5.74) is 1.76. The van der Waals surface area contributed by atoms with E-state index in [0.717, 1.165) is 44.3 Å². The van der Waals surface area contributed by atoms with E-state index in [1.165, 1.54) is 12.8 Å². The smallest absolute Gasteiger partial charge is 0.184 e. The summed E-state index contributed by atoms with van der Waals surface area (Å²) in [4.78, 5) is 17.2. The van der Waals surface area contributed by atoms with E-state index in [0.29, 0.717) is 5.69 Å². The van der Waals surface area contributed by atoms with Crippen LogP contribution in [0.4, 0.5) is 0 Å². The van der Waals surface area contributed by atoms with E-state index in [4.69, 9.17) is 4.74 Å². The van der Waals surface area contributed by atoms with Gasteiger partial charge in [0.05, 0.1) is 5.60 Å². The summed E-state index contributed by atoms with van der Waals surface area (Å²) in [5.74, 6) is 0.332. The lowest BCUT2D eigenvalue weighted by Gasteiger charge is -2.37. The zero-order valence-electron chi connectivity index (χ0n) is 12.2. The summed E-state index contributed by atoms with van der Waals surface area (Å²) in [6.45, 7) is 2.81. The van der Waals surface area contributed by atoms with Crippen LogP contribution in [0.1, 0.15) is 61.5 Å². The van der Waals surface area contributed by atoms with E-state index in [9.17, 15) is 4.79 Å². The number of hydrogen-bond acceptors (Lipinski definition) is 3. The van der Waals surface area contributed by atoms with Crippen molar-refractivity contribution in [1.82, 2.24) is 4.98 Å². The van der Waals surface area contributed by atoms with Crippen LogP contribution in [0.5, 0.6) is 0 Å². The van der Waals surface area contributed by atoms with Gasteiger partial charge in [0.25, 0.3) is 0 Å². The van der Waals surface area contributed by atoms with E-state index >= 15 is 0 Å². The highest BCUT2D eigenvalue weighted by atomic mass is 16.5. The number of nitrogens with zero attached hydrogens (tertiary/aromatic N) is 1. The van der Waals surface area contributed by atoms with Gasteiger partial charge in [0, 0.05) is 18.7 Å². The molecule has 1 spiro atoms. The molecule has 3 nitrogen and oxygen atoms in total. The standard InChI is InChI=1S/C17H23NO2/c1-2-13-6-5-10-18-15(13)16(19)14-7-11-20-17(12-14)8-3-4-9-17/h5-6,10,14H,2-4,7-9,11-12H2,1H3. The van der Waals surface area contributed by atoms with Crippen molar-refractivity contribution in [2.75, 3.05) is 6.61 Å². The van der Waals surface area contributed by atoms with Crippen LogP contribution in [-0.4, -0.2) is 23.0 Å². The van der Waals surface area contributed by atoms with Crippen LogP contribution >= 0.6 is 0 Å². The molecule has 1 aromatic rings. The minimum absolute atomic E-state index is 0.000263. The monoisotopic (exact) mass is 273 g/mol. The SMILES string of the molecule is CCc1cccnc1C(=O)C1CCOC2(CCCC2)C1. The zero-order chi connectivity index (χ0) is 14.0. The Hall–Kier alpha value is -1.22. The highest BCUT2D eigenvalue weighted by Crippen LogP contribution is 2.42. The van der Waals surface area contributed by atoms with Crippen LogP contribution in [-0.2, 0) is 11.2 Å². The molecule has 108 valence electrons. The van der Waals surface area contributed by atoms with Gasteiger partial charge in [-0.3, -0.25) is 9.78 Å².